The lowest BCUT2D eigenvalue weighted by atomic mass is 10.2. The molecule has 8 nitrogen and oxygen atoms in total. The molecular formula is C21H22F3N3O5S. The van der Waals surface area contributed by atoms with Gasteiger partial charge >= 0.3 is 12.3 Å². The van der Waals surface area contributed by atoms with Gasteiger partial charge in [0.2, 0.25) is 0 Å². The van der Waals surface area contributed by atoms with Gasteiger partial charge in [0.25, 0.3) is 5.56 Å². The van der Waals surface area contributed by atoms with Crippen molar-refractivity contribution in [1.29, 1.82) is 0 Å². The lowest BCUT2D eigenvalue weighted by molar-refractivity contribution is -0.274. The average molecular weight is 485 g/mol. The van der Waals surface area contributed by atoms with Crippen LogP contribution in [-0.4, -0.2) is 54.6 Å². The molecule has 0 atom stereocenters. The molecule has 0 aliphatic heterocycles. The van der Waals surface area contributed by atoms with Gasteiger partial charge in [0.05, 0.1) is 18.5 Å². The number of hydrogen-bond acceptors (Lipinski definition) is 8. The molecule has 3 rings (SSSR count). The minimum Gasteiger partial charge on any atom is -0.459 e. The summed E-state index contributed by atoms with van der Waals surface area (Å²) in [5.41, 5.74) is 0.900. The molecule has 3 aromatic rings. The van der Waals surface area contributed by atoms with Gasteiger partial charge in [-0.1, -0.05) is 12.1 Å². The van der Waals surface area contributed by atoms with Crippen LogP contribution >= 0.6 is 11.3 Å². The maximum Gasteiger partial charge on any atom is 0.573 e. The van der Waals surface area contributed by atoms with Crippen molar-refractivity contribution in [2.75, 3.05) is 27.4 Å². The average Bonchev–Trinajstić information content (AvgIpc) is 3.05. The quantitative estimate of drug-likeness (QED) is 0.365. The molecule has 33 heavy (non-hydrogen) atoms. The molecule has 2 aromatic heterocycles. The van der Waals surface area contributed by atoms with Crippen LogP contribution in [0.4, 0.5) is 13.2 Å². The van der Waals surface area contributed by atoms with Crippen molar-refractivity contribution in [3.05, 3.63) is 56.4 Å². The molecule has 2 heterocycles. The molecule has 12 heteroatoms. The number of carbonyl (C=O) groups excluding carboxylic acids is 1. The van der Waals surface area contributed by atoms with Gasteiger partial charge in [-0.25, -0.2) is 9.78 Å². The largest absolute Gasteiger partial charge is 0.573 e. The van der Waals surface area contributed by atoms with E-state index in [9.17, 15) is 22.8 Å². The number of ether oxygens (including phenoxy) is 3. The number of aryl methyl sites for hydroxylation is 1. The van der Waals surface area contributed by atoms with E-state index in [1.807, 2.05) is 4.90 Å². The van der Waals surface area contributed by atoms with Crippen LogP contribution in [-0.2, 0) is 22.6 Å². The summed E-state index contributed by atoms with van der Waals surface area (Å²) in [4.78, 5) is 34.7. The summed E-state index contributed by atoms with van der Waals surface area (Å²) in [6.07, 6.45) is -4.74. The Hall–Kier alpha value is -2.96. The van der Waals surface area contributed by atoms with Crippen molar-refractivity contribution < 1.29 is 32.2 Å². The van der Waals surface area contributed by atoms with Crippen LogP contribution in [0.25, 0.3) is 10.2 Å². The lowest BCUT2D eigenvalue weighted by Gasteiger charge is -2.16. The van der Waals surface area contributed by atoms with Gasteiger partial charge in [0.15, 0.2) is 0 Å². The highest BCUT2D eigenvalue weighted by atomic mass is 32.1. The van der Waals surface area contributed by atoms with Crippen LogP contribution in [0.3, 0.4) is 0 Å². The summed E-state index contributed by atoms with van der Waals surface area (Å²) < 4.78 is 50.7. The third-order valence-electron chi connectivity index (χ3n) is 4.58. The number of halogens is 3. The Kier molecular flexibility index (Phi) is 7.72. The van der Waals surface area contributed by atoms with E-state index in [2.05, 4.69) is 14.7 Å². The molecule has 0 aliphatic rings. The zero-order chi connectivity index (χ0) is 24.2. The zero-order valence-corrected chi connectivity index (χ0v) is 18.9. The van der Waals surface area contributed by atoms with Gasteiger partial charge in [0.1, 0.15) is 27.9 Å². The third-order valence-corrected chi connectivity index (χ3v) is 5.75. The topological polar surface area (TPSA) is 93.8 Å². The van der Waals surface area contributed by atoms with Crippen LogP contribution in [0.1, 0.15) is 26.6 Å². The fourth-order valence-corrected chi connectivity index (χ4v) is 4.26. The van der Waals surface area contributed by atoms with Gasteiger partial charge < -0.3 is 19.2 Å². The van der Waals surface area contributed by atoms with E-state index in [0.717, 1.165) is 16.9 Å². The second kappa shape index (κ2) is 10.3. The molecule has 0 aliphatic carbocycles. The molecule has 1 N–H and O–H groups in total. The maximum atomic E-state index is 12.6. The van der Waals surface area contributed by atoms with E-state index in [4.69, 9.17) is 9.47 Å². The first-order chi connectivity index (χ1) is 15.6. The molecule has 0 saturated carbocycles. The van der Waals surface area contributed by atoms with E-state index < -0.39 is 12.3 Å². The van der Waals surface area contributed by atoms with Gasteiger partial charge in [-0.15, -0.1) is 24.5 Å². The summed E-state index contributed by atoms with van der Waals surface area (Å²) in [6, 6.07) is 5.54. The molecule has 0 unspecified atom stereocenters. The van der Waals surface area contributed by atoms with E-state index in [0.29, 0.717) is 33.0 Å². The highest BCUT2D eigenvalue weighted by molar-refractivity contribution is 7.20. The van der Waals surface area contributed by atoms with E-state index >= 15 is 0 Å². The number of aromatic nitrogens is 2. The molecule has 0 spiro atoms. The van der Waals surface area contributed by atoms with E-state index in [1.54, 1.807) is 14.0 Å². The highest BCUT2D eigenvalue weighted by Crippen LogP contribution is 2.28. The standard InChI is InChI=1S/C21H22F3N3O5S/c1-12-16-18(28)25-15(26-19(16)33-17(12)20(29)31-9-8-30-3)11-27(2)10-13-4-6-14(7-5-13)32-21(22,23)24/h4-7H,8-11H2,1-3H3,(H,25,26,28). The highest BCUT2D eigenvalue weighted by Gasteiger charge is 2.31. The van der Waals surface area contributed by atoms with Gasteiger partial charge in [-0.2, -0.15) is 0 Å². The fourth-order valence-electron chi connectivity index (χ4n) is 3.16. The van der Waals surface area contributed by atoms with Gasteiger partial charge in [0, 0.05) is 13.7 Å². The predicted octanol–water partition coefficient (Wildman–Crippen LogP) is 3.63. The number of rotatable bonds is 9. The molecule has 0 amide bonds. The SMILES string of the molecule is COCCOC(=O)c1sc2nc(CN(C)Cc3ccc(OC(F)(F)F)cc3)[nH]c(=O)c2c1C. The number of benzene rings is 1. The predicted molar refractivity (Wildman–Crippen MR) is 115 cm³/mol. The van der Waals surface area contributed by atoms with Crippen molar-refractivity contribution in [3.8, 4) is 5.75 Å². The molecular weight excluding hydrogens is 463 g/mol. The Morgan fingerprint density at radius 1 is 1.18 bits per heavy atom. The summed E-state index contributed by atoms with van der Waals surface area (Å²) in [6.45, 7) is 2.71. The number of thiophene rings is 1. The summed E-state index contributed by atoms with van der Waals surface area (Å²) in [5.74, 6) is -0.439. The van der Waals surface area contributed by atoms with Crippen LogP contribution in [0.2, 0.25) is 0 Å². The Bertz CT molecular complexity index is 1170. The van der Waals surface area contributed by atoms with E-state index in [1.165, 1.54) is 31.4 Å². The number of esters is 1. The Morgan fingerprint density at radius 2 is 1.88 bits per heavy atom. The molecule has 0 radical (unpaired) electrons. The first kappa shape index (κ1) is 24.7. The number of H-pyrrole nitrogens is 1. The van der Waals surface area contributed by atoms with Crippen LogP contribution in [0, 0.1) is 6.92 Å². The van der Waals surface area contributed by atoms with Crippen molar-refractivity contribution in [3.63, 3.8) is 0 Å². The van der Waals surface area contributed by atoms with Gasteiger partial charge in [-0.3, -0.25) is 9.69 Å². The van der Waals surface area contributed by atoms with Crippen molar-refractivity contribution >= 4 is 27.5 Å². The number of fused-ring (bicyclic) bond motifs is 1. The van der Waals surface area contributed by atoms with Gasteiger partial charge in [-0.05, 0) is 37.2 Å². The Balaban J connectivity index is 1.71. The minimum absolute atomic E-state index is 0.103. The third kappa shape index (κ3) is 6.53. The summed E-state index contributed by atoms with van der Waals surface area (Å²) in [5, 5.41) is 0.338. The van der Waals surface area contributed by atoms with Crippen LogP contribution < -0.4 is 10.3 Å². The molecule has 1 aromatic carbocycles. The lowest BCUT2D eigenvalue weighted by Crippen LogP contribution is -2.21. The fraction of sp³-hybridized carbons (Fsp3) is 0.381. The monoisotopic (exact) mass is 485 g/mol. The second-order valence-electron chi connectivity index (χ2n) is 7.24. The molecule has 178 valence electrons. The summed E-state index contributed by atoms with van der Waals surface area (Å²) in [7, 11) is 3.28. The van der Waals surface area contributed by atoms with E-state index in [-0.39, 0.29) is 31.1 Å². The number of alkyl halides is 3. The molecule has 0 fully saturated rings. The second-order valence-corrected chi connectivity index (χ2v) is 8.24. The molecule has 0 bridgehead atoms. The number of methoxy groups -OCH3 is 1. The number of aromatic amines is 1. The number of nitrogens with zero attached hydrogens (tertiary/aromatic N) is 2. The normalized spacial score (nSPS) is 11.8. The first-order valence-electron chi connectivity index (χ1n) is 9.79. The van der Waals surface area contributed by atoms with Crippen molar-refractivity contribution in [2.24, 2.45) is 0 Å². The minimum atomic E-state index is -4.74. The smallest absolute Gasteiger partial charge is 0.459 e. The van der Waals surface area contributed by atoms with Crippen LogP contribution in [0.5, 0.6) is 5.75 Å². The number of carbonyl (C=O) groups is 1. The van der Waals surface area contributed by atoms with Crippen molar-refractivity contribution in [1.82, 2.24) is 14.9 Å². The Morgan fingerprint density at radius 3 is 2.52 bits per heavy atom. The first-order valence-corrected chi connectivity index (χ1v) is 10.6. The maximum absolute atomic E-state index is 12.6. The number of nitrogens with one attached hydrogen (secondary N) is 1. The Labute approximate surface area is 190 Å². The zero-order valence-electron chi connectivity index (χ0n) is 18.1. The summed E-state index contributed by atoms with van der Waals surface area (Å²) >= 11 is 1.08. The van der Waals surface area contributed by atoms with Crippen molar-refractivity contribution in [2.45, 2.75) is 26.4 Å². The number of hydrogen-bond donors (Lipinski definition) is 1. The molecule has 0 saturated heterocycles. The van der Waals surface area contributed by atoms with Crippen LogP contribution in [0.15, 0.2) is 29.1 Å².